The van der Waals surface area contributed by atoms with Gasteiger partial charge in [0.2, 0.25) is 0 Å². The largest absolute Gasteiger partial charge is 0.497 e. The van der Waals surface area contributed by atoms with E-state index in [1.54, 1.807) is 7.11 Å². The Morgan fingerprint density at radius 1 is 1.08 bits per heavy atom. The van der Waals surface area contributed by atoms with Crippen LogP contribution in [0.25, 0.3) is 0 Å². The molecule has 0 saturated heterocycles. The number of benzene rings is 2. The summed E-state index contributed by atoms with van der Waals surface area (Å²) in [6.45, 7) is 5.73. The molecular formula is C20H27N3O. The van der Waals surface area contributed by atoms with Gasteiger partial charge in [-0.05, 0) is 29.7 Å². The van der Waals surface area contributed by atoms with Gasteiger partial charge in [-0.3, -0.25) is 4.99 Å². The predicted octanol–water partition coefficient (Wildman–Crippen LogP) is 3.12. The van der Waals surface area contributed by atoms with E-state index in [4.69, 9.17) is 10.5 Å². The topological polar surface area (TPSA) is 59.6 Å². The van der Waals surface area contributed by atoms with Gasteiger partial charge in [0.25, 0.3) is 0 Å². The van der Waals surface area contributed by atoms with Crippen LogP contribution < -0.4 is 15.8 Å². The molecule has 0 heterocycles. The Morgan fingerprint density at radius 2 is 1.75 bits per heavy atom. The zero-order valence-corrected chi connectivity index (χ0v) is 14.8. The maximum Gasteiger partial charge on any atom is 0.188 e. The van der Waals surface area contributed by atoms with Crippen LogP contribution in [-0.4, -0.2) is 26.2 Å². The molecule has 0 aliphatic heterocycles. The Hall–Kier alpha value is -2.49. The second kappa shape index (κ2) is 8.39. The van der Waals surface area contributed by atoms with E-state index in [-0.39, 0.29) is 5.41 Å². The molecular weight excluding hydrogens is 298 g/mol. The second-order valence-corrected chi connectivity index (χ2v) is 6.48. The molecule has 0 spiro atoms. The zero-order valence-electron chi connectivity index (χ0n) is 14.8. The van der Waals surface area contributed by atoms with Crippen molar-refractivity contribution in [2.24, 2.45) is 10.7 Å². The van der Waals surface area contributed by atoms with E-state index in [1.807, 2.05) is 30.3 Å². The Balaban J connectivity index is 1.85. The molecule has 0 unspecified atom stereocenters. The molecule has 0 saturated carbocycles. The number of nitrogens with two attached hydrogens (primary N) is 1. The van der Waals surface area contributed by atoms with Crippen LogP contribution in [0.3, 0.4) is 0 Å². The van der Waals surface area contributed by atoms with E-state index in [1.165, 1.54) is 11.1 Å². The lowest BCUT2D eigenvalue weighted by Crippen LogP contribution is -2.35. The van der Waals surface area contributed by atoms with Gasteiger partial charge in [0.15, 0.2) is 5.96 Å². The molecule has 0 radical (unpaired) electrons. The summed E-state index contributed by atoms with van der Waals surface area (Å²) in [7, 11) is 1.67. The van der Waals surface area contributed by atoms with Crippen LogP contribution in [0.2, 0.25) is 0 Å². The van der Waals surface area contributed by atoms with E-state index < -0.39 is 0 Å². The van der Waals surface area contributed by atoms with Gasteiger partial charge in [0, 0.05) is 12.0 Å². The van der Waals surface area contributed by atoms with Crippen LogP contribution in [0.5, 0.6) is 5.75 Å². The van der Waals surface area contributed by atoms with Gasteiger partial charge in [0.05, 0.1) is 13.7 Å². The molecule has 4 heteroatoms. The minimum atomic E-state index is -0.0853. The molecule has 2 aromatic rings. The van der Waals surface area contributed by atoms with Crippen molar-refractivity contribution in [3.63, 3.8) is 0 Å². The number of hydrogen-bond donors (Lipinski definition) is 2. The number of nitrogens with zero attached hydrogens (tertiary/aromatic N) is 1. The number of methoxy groups -OCH3 is 1. The highest BCUT2D eigenvalue weighted by molar-refractivity contribution is 5.77. The fraction of sp³-hybridized carbons (Fsp3) is 0.350. The van der Waals surface area contributed by atoms with E-state index in [0.717, 1.165) is 18.7 Å². The Labute approximate surface area is 144 Å². The molecule has 4 nitrogen and oxygen atoms in total. The third-order valence-electron chi connectivity index (χ3n) is 4.08. The summed E-state index contributed by atoms with van der Waals surface area (Å²) in [6.07, 6.45) is 0.929. The summed E-state index contributed by atoms with van der Waals surface area (Å²) >= 11 is 0. The van der Waals surface area contributed by atoms with Crippen molar-refractivity contribution >= 4 is 5.96 Å². The van der Waals surface area contributed by atoms with Crippen molar-refractivity contribution in [2.75, 3.05) is 20.2 Å². The molecule has 0 fully saturated rings. The average Bonchev–Trinajstić information content (AvgIpc) is 2.61. The first-order valence-corrected chi connectivity index (χ1v) is 8.23. The molecule has 128 valence electrons. The smallest absolute Gasteiger partial charge is 0.188 e. The van der Waals surface area contributed by atoms with Crippen molar-refractivity contribution in [1.82, 2.24) is 5.32 Å². The Kier molecular flexibility index (Phi) is 6.24. The van der Waals surface area contributed by atoms with Gasteiger partial charge in [0.1, 0.15) is 5.75 Å². The molecule has 24 heavy (non-hydrogen) atoms. The first-order chi connectivity index (χ1) is 11.5. The minimum absolute atomic E-state index is 0.0853. The highest BCUT2D eigenvalue weighted by Gasteiger charge is 2.20. The van der Waals surface area contributed by atoms with Gasteiger partial charge in [-0.1, -0.05) is 56.3 Å². The summed E-state index contributed by atoms with van der Waals surface area (Å²) in [5.41, 5.74) is 8.40. The molecule has 2 aromatic carbocycles. The zero-order chi connectivity index (χ0) is 17.4. The van der Waals surface area contributed by atoms with Crippen LogP contribution in [0.1, 0.15) is 25.0 Å². The van der Waals surface area contributed by atoms with Gasteiger partial charge >= 0.3 is 0 Å². The number of nitrogens with one attached hydrogen (secondary N) is 1. The molecule has 0 bridgehead atoms. The minimum Gasteiger partial charge on any atom is -0.497 e. The molecule has 0 aliphatic carbocycles. The van der Waals surface area contributed by atoms with Crippen LogP contribution in [0.4, 0.5) is 0 Å². The van der Waals surface area contributed by atoms with Crippen molar-refractivity contribution in [2.45, 2.75) is 25.7 Å². The summed E-state index contributed by atoms with van der Waals surface area (Å²) in [5, 5.41) is 3.18. The quantitative estimate of drug-likeness (QED) is 0.607. The third-order valence-corrected chi connectivity index (χ3v) is 4.08. The van der Waals surface area contributed by atoms with Crippen molar-refractivity contribution in [3.05, 3.63) is 65.7 Å². The first kappa shape index (κ1) is 17.9. The molecule has 2 rings (SSSR count). The fourth-order valence-corrected chi connectivity index (χ4v) is 2.45. The molecule has 0 amide bonds. The van der Waals surface area contributed by atoms with Crippen LogP contribution in [0, 0.1) is 0 Å². The summed E-state index contributed by atoms with van der Waals surface area (Å²) in [5.74, 6) is 1.35. The molecule has 0 atom stereocenters. The molecule has 3 N–H and O–H groups in total. The van der Waals surface area contributed by atoms with E-state index in [2.05, 4.69) is 48.4 Å². The third kappa shape index (κ3) is 5.30. The second-order valence-electron chi connectivity index (χ2n) is 6.48. The number of guanidine groups is 1. The van der Waals surface area contributed by atoms with Gasteiger partial charge in [-0.15, -0.1) is 0 Å². The maximum absolute atomic E-state index is 5.99. The SMILES string of the molecule is COc1ccc(C(C)(C)CN=C(N)NCCc2ccccc2)cc1. The summed E-state index contributed by atoms with van der Waals surface area (Å²) in [6, 6.07) is 18.4. The highest BCUT2D eigenvalue weighted by Crippen LogP contribution is 2.25. The van der Waals surface area contributed by atoms with Gasteiger partial charge < -0.3 is 15.8 Å². The number of ether oxygens (including phenoxy) is 1. The summed E-state index contributed by atoms with van der Waals surface area (Å²) in [4.78, 5) is 4.50. The standard InChI is InChI=1S/C20H27N3O/c1-20(2,17-9-11-18(24-3)12-10-17)15-23-19(21)22-14-13-16-7-5-4-6-8-16/h4-12H,13-15H2,1-3H3,(H3,21,22,23). The van der Waals surface area contributed by atoms with Gasteiger partial charge in [-0.25, -0.2) is 0 Å². The number of hydrogen-bond acceptors (Lipinski definition) is 2. The predicted molar refractivity (Wildman–Crippen MR) is 101 cm³/mol. The van der Waals surface area contributed by atoms with Crippen LogP contribution in [0.15, 0.2) is 59.6 Å². The Bertz CT molecular complexity index is 648. The lowest BCUT2D eigenvalue weighted by Gasteiger charge is -2.23. The monoisotopic (exact) mass is 325 g/mol. The molecule has 0 aromatic heterocycles. The van der Waals surface area contributed by atoms with Crippen molar-refractivity contribution < 1.29 is 4.74 Å². The number of aliphatic imine (C=N–C) groups is 1. The highest BCUT2D eigenvalue weighted by atomic mass is 16.5. The molecule has 0 aliphatic rings. The lowest BCUT2D eigenvalue weighted by atomic mass is 9.85. The van der Waals surface area contributed by atoms with E-state index in [0.29, 0.717) is 12.5 Å². The number of rotatable bonds is 7. The van der Waals surface area contributed by atoms with Crippen molar-refractivity contribution in [1.29, 1.82) is 0 Å². The lowest BCUT2D eigenvalue weighted by molar-refractivity contribution is 0.414. The van der Waals surface area contributed by atoms with Crippen LogP contribution in [-0.2, 0) is 11.8 Å². The average molecular weight is 325 g/mol. The maximum atomic E-state index is 5.99. The van der Waals surface area contributed by atoms with Crippen LogP contribution >= 0.6 is 0 Å². The summed E-state index contributed by atoms with van der Waals surface area (Å²) < 4.78 is 5.20. The van der Waals surface area contributed by atoms with Crippen molar-refractivity contribution in [3.8, 4) is 5.75 Å². The Morgan fingerprint density at radius 3 is 2.38 bits per heavy atom. The fourth-order valence-electron chi connectivity index (χ4n) is 2.45. The van der Waals surface area contributed by atoms with Gasteiger partial charge in [-0.2, -0.15) is 0 Å². The van der Waals surface area contributed by atoms with E-state index in [9.17, 15) is 0 Å². The van der Waals surface area contributed by atoms with E-state index >= 15 is 0 Å². The first-order valence-electron chi connectivity index (χ1n) is 8.23. The normalized spacial score (nSPS) is 12.0.